The molecule has 0 radical (unpaired) electrons. The van der Waals surface area contributed by atoms with E-state index in [1.54, 1.807) is 11.3 Å². The summed E-state index contributed by atoms with van der Waals surface area (Å²) in [4.78, 5) is 14.7. The number of carbonyl (C=O) groups excluding carboxylic acids is 1. The Kier molecular flexibility index (Phi) is 3.27. The highest BCUT2D eigenvalue weighted by Crippen LogP contribution is 2.32. The molecular weight excluding hydrogens is 260 g/mol. The van der Waals surface area contributed by atoms with Crippen LogP contribution >= 0.6 is 23.1 Å². The molecule has 1 aliphatic heterocycles. The third-order valence-electron chi connectivity index (χ3n) is 3.17. The van der Waals surface area contributed by atoms with Gasteiger partial charge in [0.25, 0.3) is 0 Å². The first-order chi connectivity index (χ1) is 8.74. The quantitative estimate of drug-likeness (QED) is 0.768. The number of thioether (sulfide) groups is 1. The van der Waals surface area contributed by atoms with Gasteiger partial charge in [0, 0.05) is 16.2 Å². The van der Waals surface area contributed by atoms with Crippen molar-refractivity contribution in [3.63, 3.8) is 0 Å². The van der Waals surface area contributed by atoms with Crippen molar-refractivity contribution in [2.75, 3.05) is 5.75 Å². The van der Waals surface area contributed by atoms with Crippen molar-refractivity contribution in [1.29, 1.82) is 0 Å². The lowest BCUT2D eigenvalue weighted by Crippen LogP contribution is -1.98. The van der Waals surface area contributed by atoms with Crippen LogP contribution < -0.4 is 0 Å². The zero-order valence-electron chi connectivity index (χ0n) is 10.2. The topological polar surface area (TPSA) is 17.1 Å². The Bertz CT molecular complexity index is 558. The van der Waals surface area contributed by atoms with Crippen molar-refractivity contribution in [1.82, 2.24) is 0 Å². The van der Waals surface area contributed by atoms with Gasteiger partial charge in [-0.3, -0.25) is 4.79 Å². The molecule has 0 spiro atoms. The van der Waals surface area contributed by atoms with Crippen molar-refractivity contribution in [3.8, 4) is 0 Å². The van der Waals surface area contributed by atoms with Crippen LogP contribution in [0.3, 0.4) is 0 Å². The number of thiophene rings is 1. The lowest BCUT2D eigenvalue weighted by atomic mass is 10.1. The maximum atomic E-state index is 12.4. The molecule has 18 heavy (non-hydrogen) atoms. The van der Waals surface area contributed by atoms with Crippen LogP contribution in [0.25, 0.3) is 0 Å². The monoisotopic (exact) mass is 274 g/mol. The number of carbonyl (C=O) groups is 1. The second-order valence-corrected chi connectivity index (χ2v) is 6.80. The van der Waals surface area contributed by atoms with E-state index in [2.05, 4.69) is 6.07 Å². The number of hydrogen-bond acceptors (Lipinski definition) is 3. The van der Waals surface area contributed by atoms with Crippen LogP contribution in [0, 0.1) is 6.92 Å². The van der Waals surface area contributed by atoms with Gasteiger partial charge in [-0.1, -0.05) is 29.8 Å². The highest BCUT2D eigenvalue weighted by molar-refractivity contribution is 7.98. The van der Waals surface area contributed by atoms with E-state index in [4.69, 9.17) is 0 Å². The second-order valence-electron chi connectivity index (χ2n) is 4.56. The maximum absolute atomic E-state index is 12.4. The summed E-state index contributed by atoms with van der Waals surface area (Å²) in [6.07, 6.45) is 1.12. The molecule has 0 bridgehead atoms. The number of rotatable bonds is 2. The Labute approximate surface area is 115 Å². The van der Waals surface area contributed by atoms with Gasteiger partial charge in [-0.2, -0.15) is 11.8 Å². The van der Waals surface area contributed by atoms with E-state index < -0.39 is 0 Å². The smallest absolute Gasteiger partial charge is 0.202 e. The molecule has 92 valence electrons. The molecule has 0 N–H and O–H groups in total. The molecule has 0 saturated carbocycles. The van der Waals surface area contributed by atoms with E-state index in [0.29, 0.717) is 0 Å². The Balaban J connectivity index is 1.92. The predicted octanol–water partition coefficient (Wildman–Crippen LogP) is 4.08. The summed E-state index contributed by atoms with van der Waals surface area (Å²) in [5.41, 5.74) is 3.35. The molecule has 1 aliphatic rings. The summed E-state index contributed by atoms with van der Waals surface area (Å²) in [6.45, 7) is 2.04. The highest BCUT2D eigenvalue weighted by Gasteiger charge is 2.18. The first kappa shape index (κ1) is 12.0. The molecule has 0 fully saturated rings. The van der Waals surface area contributed by atoms with Crippen molar-refractivity contribution in [3.05, 3.63) is 56.8 Å². The number of aryl methyl sites for hydroxylation is 2. The molecule has 3 heteroatoms. The van der Waals surface area contributed by atoms with Crippen LogP contribution in [-0.2, 0) is 12.2 Å². The lowest BCUT2D eigenvalue weighted by molar-refractivity contribution is 0.104. The van der Waals surface area contributed by atoms with Gasteiger partial charge in [0.05, 0.1) is 4.88 Å². The van der Waals surface area contributed by atoms with Crippen LogP contribution in [0.2, 0.25) is 0 Å². The largest absolute Gasteiger partial charge is 0.288 e. The van der Waals surface area contributed by atoms with Gasteiger partial charge in [-0.25, -0.2) is 0 Å². The summed E-state index contributed by atoms with van der Waals surface area (Å²) in [6, 6.07) is 9.93. The molecule has 0 amide bonds. The Hall–Kier alpha value is -1.06. The average Bonchev–Trinajstić information content (AvgIpc) is 2.82. The van der Waals surface area contributed by atoms with Gasteiger partial charge in [-0.15, -0.1) is 11.3 Å². The normalized spacial score (nSPS) is 14.3. The Morgan fingerprint density at radius 2 is 2.00 bits per heavy atom. The molecule has 2 heterocycles. The van der Waals surface area contributed by atoms with E-state index in [-0.39, 0.29) is 5.78 Å². The van der Waals surface area contributed by atoms with Crippen molar-refractivity contribution in [2.45, 2.75) is 19.1 Å². The minimum Gasteiger partial charge on any atom is -0.288 e. The molecule has 1 aromatic heterocycles. The number of benzene rings is 1. The highest BCUT2D eigenvalue weighted by atomic mass is 32.2. The van der Waals surface area contributed by atoms with Crippen LogP contribution in [0.15, 0.2) is 30.3 Å². The van der Waals surface area contributed by atoms with Crippen molar-refractivity contribution < 1.29 is 4.79 Å². The van der Waals surface area contributed by atoms with Gasteiger partial charge in [0.2, 0.25) is 5.78 Å². The fourth-order valence-corrected chi connectivity index (χ4v) is 4.44. The molecule has 1 nitrogen and oxygen atoms in total. The third kappa shape index (κ3) is 2.25. The molecular formula is C15H14OS2. The van der Waals surface area contributed by atoms with Gasteiger partial charge in [0.1, 0.15) is 0 Å². The van der Waals surface area contributed by atoms with Crippen LogP contribution in [0.4, 0.5) is 0 Å². The molecule has 0 saturated heterocycles. The summed E-state index contributed by atoms with van der Waals surface area (Å²) in [7, 11) is 0. The number of fused-ring (bicyclic) bond motifs is 1. The van der Waals surface area contributed by atoms with Crippen LogP contribution in [0.5, 0.6) is 0 Å². The molecule has 2 aromatic rings. The van der Waals surface area contributed by atoms with Crippen molar-refractivity contribution in [2.24, 2.45) is 0 Å². The SMILES string of the molecule is Cc1ccc(C(=O)c2cc3c(s2)CCSC3)cc1. The molecule has 0 aliphatic carbocycles. The minimum atomic E-state index is 0.166. The number of hydrogen-bond donors (Lipinski definition) is 0. The van der Waals surface area contributed by atoms with Gasteiger partial charge < -0.3 is 0 Å². The van der Waals surface area contributed by atoms with Gasteiger partial charge in [0.15, 0.2) is 0 Å². The summed E-state index contributed by atoms with van der Waals surface area (Å²) >= 11 is 3.64. The summed E-state index contributed by atoms with van der Waals surface area (Å²) in [5.74, 6) is 2.41. The van der Waals surface area contributed by atoms with E-state index in [1.807, 2.05) is 43.0 Å². The van der Waals surface area contributed by atoms with E-state index in [9.17, 15) is 4.79 Å². The zero-order valence-corrected chi connectivity index (χ0v) is 11.9. The lowest BCUT2D eigenvalue weighted by Gasteiger charge is -2.08. The Morgan fingerprint density at radius 1 is 1.22 bits per heavy atom. The fraction of sp³-hybridized carbons (Fsp3) is 0.267. The maximum Gasteiger partial charge on any atom is 0.202 e. The molecule has 0 unspecified atom stereocenters. The van der Waals surface area contributed by atoms with E-state index >= 15 is 0 Å². The fourth-order valence-electron chi connectivity index (χ4n) is 2.11. The average molecular weight is 274 g/mol. The first-order valence-electron chi connectivity index (χ1n) is 6.05. The van der Waals surface area contributed by atoms with Crippen LogP contribution in [0.1, 0.15) is 31.2 Å². The second kappa shape index (κ2) is 4.90. The minimum absolute atomic E-state index is 0.166. The van der Waals surface area contributed by atoms with E-state index in [1.165, 1.54) is 21.8 Å². The Morgan fingerprint density at radius 3 is 2.72 bits per heavy atom. The first-order valence-corrected chi connectivity index (χ1v) is 8.02. The summed E-state index contributed by atoms with van der Waals surface area (Å²) in [5, 5.41) is 0. The summed E-state index contributed by atoms with van der Waals surface area (Å²) < 4.78 is 0. The number of ketones is 1. The van der Waals surface area contributed by atoms with Crippen LogP contribution in [-0.4, -0.2) is 11.5 Å². The van der Waals surface area contributed by atoms with Crippen molar-refractivity contribution >= 4 is 28.9 Å². The molecule has 0 atom stereocenters. The molecule has 1 aromatic carbocycles. The molecule has 3 rings (SSSR count). The van der Waals surface area contributed by atoms with Gasteiger partial charge >= 0.3 is 0 Å². The van der Waals surface area contributed by atoms with E-state index in [0.717, 1.165) is 22.6 Å². The predicted molar refractivity (Wildman–Crippen MR) is 78.8 cm³/mol. The standard InChI is InChI=1S/C15H14OS2/c1-10-2-4-11(5-3-10)15(16)14-8-12-9-17-7-6-13(12)18-14/h2-5,8H,6-7,9H2,1H3. The van der Waals surface area contributed by atoms with Gasteiger partial charge in [-0.05, 0) is 30.7 Å². The third-order valence-corrected chi connectivity index (χ3v) is 5.41. The zero-order chi connectivity index (χ0) is 12.5.